The number of nitrogens with zero attached hydrogens (tertiary/aromatic N) is 2. The van der Waals surface area contributed by atoms with Crippen molar-refractivity contribution in [3.8, 4) is 0 Å². The summed E-state index contributed by atoms with van der Waals surface area (Å²) in [6.45, 7) is 4.47. The Labute approximate surface area is 235 Å². The van der Waals surface area contributed by atoms with Gasteiger partial charge in [-0.2, -0.15) is 0 Å². The molecule has 1 aromatic heterocycles. The number of allylic oxidation sites excluding steroid dienone is 10. The van der Waals surface area contributed by atoms with E-state index in [2.05, 4.69) is 128 Å². The van der Waals surface area contributed by atoms with E-state index in [1.54, 1.807) is 0 Å². The number of aromatic amines is 1. The lowest BCUT2D eigenvalue weighted by molar-refractivity contribution is 1.04. The van der Waals surface area contributed by atoms with Gasteiger partial charge >= 0.3 is 0 Å². The molecule has 0 amide bonds. The van der Waals surface area contributed by atoms with Crippen LogP contribution in [0.5, 0.6) is 0 Å². The van der Waals surface area contributed by atoms with E-state index in [1.165, 1.54) is 44.5 Å². The van der Waals surface area contributed by atoms with Gasteiger partial charge in [-0.1, -0.05) is 105 Å². The van der Waals surface area contributed by atoms with Crippen molar-refractivity contribution in [3.05, 3.63) is 152 Å². The fourth-order valence-corrected chi connectivity index (χ4v) is 6.13. The van der Waals surface area contributed by atoms with Crippen molar-refractivity contribution >= 4 is 35.0 Å². The van der Waals surface area contributed by atoms with Crippen LogP contribution in [0.1, 0.15) is 53.6 Å². The normalized spacial score (nSPS) is 22.6. The third-order valence-electron chi connectivity index (χ3n) is 8.10. The van der Waals surface area contributed by atoms with E-state index < -0.39 is 0 Å². The summed E-state index contributed by atoms with van der Waals surface area (Å²) < 4.78 is 0. The zero-order valence-corrected chi connectivity index (χ0v) is 22.9. The molecule has 0 spiro atoms. The number of H-pyrrole nitrogens is 1. The standard InChI is InChI=1S/C37H31N3/c1-3-26-27(4-2)35-23-37-31-17-11-9-15-29(31)33(39-37)21-19-25-13-7-5-6-12-24(25)18-20-32-28-14-8-10-16-30(28)36(38-32)22-34(26)40-35/h5-18,20-23,40H,3-4,19H2,1-2H3/b24-18-,32-20+,33-21-,34-22-,35-23-. The topological polar surface area (TPSA) is 40.5 Å². The predicted molar refractivity (Wildman–Crippen MR) is 169 cm³/mol. The molecule has 0 saturated carbocycles. The van der Waals surface area contributed by atoms with Crippen molar-refractivity contribution in [3.63, 3.8) is 0 Å². The Hall–Kier alpha value is -4.76. The number of nitrogens with one attached hydrogen (secondary N) is 1. The van der Waals surface area contributed by atoms with Crippen molar-refractivity contribution in [2.75, 3.05) is 0 Å². The third kappa shape index (κ3) is 4.15. The Morgan fingerprint density at radius 1 is 0.650 bits per heavy atom. The quantitative estimate of drug-likeness (QED) is 0.390. The van der Waals surface area contributed by atoms with Gasteiger partial charge in [0.05, 0.1) is 22.8 Å². The molecule has 3 heteroatoms. The van der Waals surface area contributed by atoms with Crippen molar-refractivity contribution in [2.24, 2.45) is 9.98 Å². The second-order valence-corrected chi connectivity index (χ2v) is 10.4. The third-order valence-corrected chi connectivity index (χ3v) is 8.10. The molecule has 1 N–H and O–H groups in total. The second-order valence-electron chi connectivity index (χ2n) is 10.4. The van der Waals surface area contributed by atoms with Gasteiger partial charge in [-0.3, -0.25) is 0 Å². The van der Waals surface area contributed by atoms with E-state index in [1.807, 2.05) is 0 Å². The lowest BCUT2D eigenvalue weighted by Gasteiger charge is -2.06. The van der Waals surface area contributed by atoms with Crippen LogP contribution in [-0.4, -0.2) is 16.4 Å². The summed E-state index contributed by atoms with van der Waals surface area (Å²) in [5.74, 6) is 0. The van der Waals surface area contributed by atoms with Gasteiger partial charge in [-0.05, 0) is 59.8 Å². The van der Waals surface area contributed by atoms with Crippen LogP contribution in [0, 0.1) is 0 Å². The average molecular weight is 518 g/mol. The summed E-state index contributed by atoms with van der Waals surface area (Å²) in [4.78, 5) is 14.1. The molecule has 0 fully saturated rings. The van der Waals surface area contributed by atoms with Gasteiger partial charge in [0.2, 0.25) is 0 Å². The fourth-order valence-electron chi connectivity index (χ4n) is 6.13. The van der Waals surface area contributed by atoms with Crippen LogP contribution in [-0.2, 0) is 12.8 Å². The average Bonchev–Trinajstić information content (AvgIpc) is 3.56. The maximum atomic E-state index is 5.17. The molecule has 4 aliphatic rings. The highest BCUT2D eigenvalue weighted by molar-refractivity contribution is 6.27. The lowest BCUT2D eigenvalue weighted by atomic mass is 9.98. The molecule has 194 valence electrons. The van der Waals surface area contributed by atoms with Crippen LogP contribution >= 0.6 is 0 Å². The van der Waals surface area contributed by atoms with E-state index >= 15 is 0 Å². The van der Waals surface area contributed by atoms with Gasteiger partial charge in [-0.25, -0.2) is 9.98 Å². The van der Waals surface area contributed by atoms with Crippen LogP contribution in [0.4, 0.5) is 0 Å². The summed E-state index contributed by atoms with van der Waals surface area (Å²) in [6, 6.07) is 17.1. The molecule has 0 unspecified atom stereocenters. The summed E-state index contributed by atoms with van der Waals surface area (Å²) in [7, 11) is 0. The van der Waals surface area contributed by atoms with Crippen molar-refractivity contribution in [1.29, 1.82) is 0 Å². The highest BCUT2D eigenvalue weighted by atomic mass is 14.8. The molecule has 4 heterocycles. The van der Waals surface area contributed by atoms with Crippen LogP contribution in [0.3, 0.4) is 0 Å². The minimum absolute atomic E-state index is 0.788. The molecule has 40 heavy (non-hydrogen) atoms. The number of fused-ring (bicyclic) bond motifs is 11. The van der Waals surface area contributed by atoms with Gasteiger partial charge in [0.1, 0.15) is 0 Å². The molecule has 1 aliphatic carbocycles. The van der Waals surface area contributed by atoms with Crippen LogP contribution in [0.2, 0.25) is 0 Å². The van der Waals surface area contributed by atoms with Crippen LogP contribution in [0.25, 0.3) is 23.5 Å². The van der Waals surface area contributed by atoms with Crippen LogP contribution < -0.4 is 10.7 Å². The minimum atomic E-state index is 0.788. The number of hydrogen-bond acceptors (Lipinski definition) is 2. The van der Waals surface area contributed by atoms with E-state index in [0.717, 1.165) is 52.8 Å². The zero-order valence-electron chi connectivity index (χ0n) is 22.9. The zero-order chi connectivity index (χ0) is 27.1. The molecule has 7 rings (SSSR count). The molecule has 6 bridgehead atoms. The van der Waals surface area contributed by atoms with Gasteiger partial charge in [0.25, 0.3) is 0 Å². The first-order valence-corrected chi connectivity index (χ1v) is 14.2. The lowest BCUT2D eigenvalue weighted by Crippen LogP contribution is -2.15. The summed E-state index contributed by atoms with van der Waals surface area (Å²) >= 11 is 0. The molecular formula is C37H31N3. The molecular weight excluding hydrogens is 486 g/mol. The smallest absolute Gasteiger partial charge is 0.0737 e. The molecule has 3 aromatic rings. The highest BCUT2D eigenvalue weighted by Gasteiger charge is 2.21. The van der Waals surface area contributed by atoms with E-state index in [9.17, 15) is 0 Å². The molecule has 3 aliphatic heterocycles. The monoisotopic (exact) mass is 517 g/mol. The largest absolute Gasteiger partial charge is 0.355 e. The fraction of sp³-hybridized carbons (Fsp3) is 0.135. The Morgan fingerprint density at radius 2 is 1.25 bits per heavy atom. The SMILES string of the molecule is CCc1c(CC)/c2[nH]/c1=C\C1=NC(=C\CC3=CC=CC=C/C3=C/C=C3N=C(\C=2)c2ccccc2/3)/c2ccccc21. The molecule has 0 saturated heterocycles. The van der Waals surface area contributed by atoms with Gasteiger partial charge in [0, 0.05) is 33.0 Å². The second kappa shape index (κ2) is 10.1. The van der Waals surface area contributed by atoms with Gasteiger partial charge < -0.3 is 4.98 Å². The Kier molecular flexibility index (Phi) is 6.13. The van der Waals surface area contributed by atoms with E-state index in [4.69, 9.17) is 9.98 Å². The summed E-state index contributed by atoms with van der Waals surface area (Å²) in [5, 5.41) is 2.27. The summed E-state index contributed by atoms with van der Waals surface area (Å²) in [5.41, 5.74) is 13.9. The number of hydrogen-bond donors (Lipinski definition) is 1. The maximum Gasteiger partial charge on any atom is 0.0737 e. The Balaban J connectivity index is 1.52. The maximum absolute atomic E-state index is 5.17. The number of aromatic nitrogens is 1. The Morgan fingerprint density at radius 3 is 1.90 bits per heavy atom. The number of rotatable bonds is 2. The van der Waals surface area contributed by atoms with Crippen molar-refractivity contribution in [1.82, 2.24) is 4.98 Å². The molecule has 0 atom stereocenters. The highest BCUT2D eigenvalue weighted by Crippen LogP contribution is 2.33. The molecule has 0 radical (unpaired) electrons. The van der Waals surface area contributed by atoms with Gasteiger partial charge in [0.15, 0.2) is 0 Å². The predicted octanol–water partition coefficient (Wildman–Crippen LogP) is 6.77. The van der Waals surface area contributed by atoms with E-state index in [0.29, 0.717) is 0 Å². The number of aliphatic imine (C=N–C) groups is 2. The first-order chi connectivity index (χ1) is 19.7. The van der Waals surface area contributed by atoms with Crippen molar-refractivity contribution < 1.29 is 0 Å². The van der Waals surface area contributed by atoms with Gasteiger partial charge in [-0.15, -0.1) is 0 Å². The molecule has 3 nitrogen and oxygen atoms in total. The molecule has 2 aromatic carbocycles. The first kappa shape index (κ1) is 24.3. The van der Waals surface area contributed by atoms with E-state index in [-0.39, 0.29) is 0 Å². The number of benzene rings is 2. The van der Waals surface area contributed by atoms with Crippen LogP contribution in [0.15, 0.2) is 118 Å². The first-order valence-electron chi connectivity index (χ1n) is 14.2. The van der Waals surface area contributed by atoms with Crippen molar-refractivity contribution in [2.45, 2.75) is 33.1 Å². The Bertz CT molecular complexity index is 1930. The summed E-state index contributed by atoms with van der Waals surface area (Å²) in [6.07, 6.45) is 24.5. The minimum Gasteiger partial charge on any atom is -0.355 e.